The van der Waals surface area contributed by atoms with Crippen LogP contribution in [-0.2, 0) is 11.8 Å². The molecule has 0 radical (unpaired) electrons. The van der Waals surface area contributed by atoms with Crippen molar-refractivity contribution >= 4 is 45.2 Å². The molecule has 78 valence electrons. The molecule has 0 spiro atoms. The van der Waals surface area contributed by atoms with Crippen molar-refractivity contribution in [3.63, 3.8) is 0 Å². The second-order valence-electron chi connectivity index (χ2n) is 4.50. The predicted molar refractivity (Wildman–Crippen MR) is 80.0 cm³/mol. The van der Waals surface area contributed by atoms with Gasteiger partial charge < -0.3 is 0 Å². The van der Waals surface area contributed by atoms with Crippen molar-refractivity contribution in [1.82, 2.24) is 0 Å². The summed E-state index contributed by atoms with van der Waals surface area (Å²) < 4.78 is 2.85. The predicted octanol–water partition coefficient (Wildman–Crippen LogP) is 4.76. The Morgan fingerprint density at radius 3 is 2.07 bits per heavy atom. The van der Waals surface area contributed by atoms with E-state index in [9.17, 15) is 0 Å². The van der Waals surface area contributed by atoms with Gasteiger partial charge in [-0.15, -0.1) is 0 Å². The van der Waals surface area contributed by atoms with Crippen molar-refractivity contribution in [2.75, 3.05) is 0 Å². The van der Waals surface area contributed by atoms with Gasteiger partial charge in [0.1, 0.15) is 0 Å². The second kappa shape index (κ2) is 4.68. The number of rotatable bonds is 1. The van der Waals surface area contributed by atoms with Gasteiger partial charge in [-0.05, 0) is 68.1 Å². The number of hydrogen-bond donors (Lipinski definition) is 0. The minimum Gasteiger partial charge on any atom is -0.0613 e. The van der Waals surface area contributed by atoms with Gasteiger partial charge in [-0.3, -0.25) is 0 Å². The molecule has 1 aromatic carbocycles. The van der Waals surface area contributed by atoms with Gasteiger partial charge >= 0.3 is 0 Å². The summed E-state index contributed by atoms with van der Waals surface area (Å²) in [7, 11) is 0. The highest BCUT2D eigenvalue weighted by atomic mass is 127. The molecular weight excluding hydrogens is 398 g/mol. The third-order valence-electron chi connectivity index (χ3n) is 2.35. The van der Waals surface area contributed by atoms with Crippen LogP contribution in [0.2, 0.25) is 0 Å². The standard InChI is InChI=1S/C12H16I2/c1-5-8-6-7-9(12(2,3)4)11(14)10(8)13/h6-7H,5H2,1-4H3. The smallest absolute Gasteiger partial charge is 0.0304 e. The van der Waals surface area contributed by atoms with E-state index in [2.05, 4.69) is 85.0 Å². The third kappa shape index (κ3) is 2.62. The summed E-state index contributed by atoms with van der Waals surface area (Å²) in [5.41, 5.74) is 3.17. The van der Waals surface area contributed by atoms with Crippen LogP contribution in [0.15, 0.2) is 12.1 Å². The van der Waals surface area contributed by atoms with E-state index in [4.69, 9.17) is 0 Å². The van der Waals surface area contributed by atoms with Gasteiger partial charge in [0.15, 0.2) is 0 Å². The molecule has 0 aliphatic rings. The molecule has 0 aliphatic heterocycles. The van der Waals surface area contributed by atoms with E-state index in [1.165, 1.54) is 18.3 Å². The SMILES string of the molecule is CCc1ccc(C(C)(C)C)c(I)c1I. The lowest BCUT2D eigenvalue weighted by molar-refractivity contribution is 0.586. The van der Waals surface area contributed by atoms with Gasteiger partial charge in [-0.25, -0.2) is 0 Å². The maximum absolute atomic E-state index is 2.47. The van der Waals surface area contributed by atoms with E-state index in [1.54, 1.807) is 0 Å². The minimum absolute atomic E-state index is 0.253. The van der Waals surface area contributed by atoms with Gasteiger partial charge in [-0.1, -0.05) is 39.8 Å². The molecule has 0 atom stereocenters. The van der Waals surface area contributed by atoms with Gasteiger partial charge in [-0.2, -0.15) is 0 Å². The molecular formula is C12H16I2. The highest BCUT2D eigenvalue weighted by Crippen LogP contribution is 2.31. The van der Waals surface area contributed by atoms with Crippen LogP contribution in [0, 0.1) is 7.14 Å². The van der Waals surface area contributed by atoms with Gasteiger partial charge in [0.2, 0.25) is 0 Å². The van der Waals surface area contributed by atoms with Crippen LogP contribution in [0.3, 0.4) is 0 Å². The Kier molecular flexibility index (Phi) is 4.26. The van der Waals surface area contributed by atoms with Crippen molar-refractivity contribution in [2.45, 2.75) is 39.5 Å². The number of benzene rings is 1. The van der Waals surface area contributed by atoms with Gasteiger partial charge in [0, 0.05) is 7.14 Å². The van der Waals surface area contributed by atoms with Crippen LogP contribution < -0.4 is 0 Å². The van der Waals surface area contributed by atoms with Crippen LogP contribution in [0.25, 0.3) is 0 Å². The largest absolute Gasteiger partial charge is 0.0613 e. The third-order valence-corrected chi connectivity index (χ3v) is 5.74. The van der Waals surface area contributed by atoms with Crippen molar-refractivity contribution in [3.05, 3.63) is 30.4 Å². The Morgan fingerprint density at radius 1 is 1.07 bits per heavy atom. The summed E-state index contributed by atoms with van der Waals surface area (Å²) in [6, 6.07) is 4.55. The lowest BCUT2D eigenvalue weighted by atomic mass is 9.86. The van der Waals surface area contributed by atoms with Gasteiger partial charge in [0.05, 0.1) is 0 Å². The Balaban J connectivity index is 3.31. The molecule has 0 unspecified atom stereocenters. The van der Waals surface area contributed by atoms with E-state index in [0.29, 0.717) is 0 Å². The molecule has 1 aromatic rings. The number of hydrogen-bond acceptors (Lipinski definition) is 0. The quantitative estimate of drug-likeness (QED) is 0.582. The van der Waals surface area contributed by atoms with Gasteiger partial charge in [0.25, 0.3) is 0 Å². The second-order valence-corrected chi connectivity index (χ2v) is 6.66. The van der Waals surface area contributed by atoms with Crippen LogP contribution in [-0.4, -0.2) is 0 Å². The molecule has 1 rings (SSSR count). The van der Waals surface area contributed by atoms with E-state index in [1.807, 2.05) is 0 Å². The minimum atomic E-state index is 0.253. The zero-order valence-electron chi connectivity index (χ0n) is 9.12. The van der Waals surface area contributed by atoms with Crippen LogP contribution in [0.1, 0.15) is 38.8 Å². The fourth-order valence-electron chi connectivity index (χ4n) is 1.44. The normalized spacial score (nSPS) is 11.9. The maximum atomic E-state index is 2.47. The summed E-state index contributed by atoms with van der Waals surface area (Å²) in [5.74, 6) is 0. The highest BCUT2D eigenvalue weighted by molar-refractivity contribution is 14.1. The molecule has 2 heteroatoms. The lowest BCUT2D eigenvalue weighted by Crippen LogP contribution is -2.14. The van der Waals surface area contributed by atoms with Crippen molar-refractivity contribution < 1.29 is 0 Å². The average Bonchev–Trinajstić information content (AvgIpc) is 2.07. The van der Waals surface area contributed by atoms with E-state index in [-0.39, 0.29) is 5.41 Å². The van der Waals surface area contributed by atoms with Crippen LogP contribution >= 0.6 is 45.2 Å². The summed E-state index contributed by atoms with van der Waals surface area (Å²) in [4.78, 5) is 0. The van der Waals surface area contributed by atoms with Crippen molar-refractivity contribution in [2.24, 2.45) is 0 Å². The summed E-state index contributed by atoms with van der Waals surface area (Å²) in [6.07, 6.45) is 1.12. The van der Waals surface area contributed by atoms with E-state index in [0.717, 1.165) is 6.42 Å². The zero-order valence-corrected chi connectivity index (χ0v) is 13.4. The fraction of sp³-hybridized carbons (Fsp3) is 0.500. The molecule has 0 N–H and O–H groups in total. The number of halogens is 2. The Morgan fingerprint density at radius 2 is 1.64 bits per heavy atom. The maximum Gasteiger partial charge on any atom is 0.0304 e. The molecule has 0 amide bonds. The summed E-state index contributed by atoms with van der Waals surface area (Å²) in [5, 5.41) is 0. The Bertz CT molecular complexity index is 335. The molecule has 0 bridgehead atoms. The monoisotopic (exact) mass is 414 g/mol. The zero-order chi connectivity index (χ0) is 10.9. The average molecular weight is 414 g/mol. The topological polar surface area (TPSA) is 0 Å². The van der Waals surface area contributed by atoms with E-state index < -0.39 is 0 Å². The molecule has 0 saturated carbocycles. The molecule has 0 aliphatic carbocycles. The first-order chi connectivity index (χ1) is 6.38. The van der Waals surface area contributed by atoms with Crippen molar-refractivity contribution in [3.8, 4) is 0 Å². The lowest BCUT2D eigenvalue weighted by Gasteiger charge is -2.22. The summed E-state index contributed by atoms with van der Waals surface area (Å²) >= 11 is 4.93. The Labute approximate surface area is 114 Å². The highest BCUT2D eigenvalue weighted by Gasteiger charge is 2.19. The first kappa shape index (κ1) is 12.7. The van der Waals surface area contributed by atoms with E-state index >= 15 is 0 Å². The van der Waals surface area contributed by atoms with Crippen LogP contribution in [0.4, 0.5) is 0 Å². The van der Waals surface area contributed by atoms with Crippen molar-refractivity contribution in [1.29, 1.82) is 0 Å². The molecule has 0 heterocycles. The Hall–Kier alpha value is 0.680. The molecule has 14 heavy (non-hydrogen) atoms. The molecule has 0 aromatic heterocycles. The first-order valence-corrected chi connectivity index (χ1v) is 7.01. The first-order valence-electron chi connectivity index (χ1n) is 4.85. The number of aryl methyl sites for hydroxylation is 1. The molecule has 0 nitrogen and oxygen atoms in total. The molecule has 0 saturated heterocycles. The fourth-order valence-corrected chi connectivity index (χ4v) is 3.63. The summed E-state index contributed by atoms with van der Waals surface area (Å²) in [6.45, 7) is 9.02. The van der Waals surface area contributed by atoms with Crippen LogP contribution in [0.5, 0.6) is 0 Å². The molecule has 0 fully saturated rings.